The highest BCUT2D eigenvalue weighted by Crippen LogP contribution is 2.12. The second-order valence-electron chi connectivity index (χ2n) is 5.50. The van der Waals surface area contributed by atoms with Crippen molar-refractivity contribution in [1.82, 2.24) is 19.4 Å². The van der Waals surface area contributed by atoms with Gasteiger partial charge in [0.05, 0.1) is 11.9 Å². The summed E-state index contributed by atoms with van der Waals surface area (Å²) >= 11 is 0. The predicted octanol–water partition coefficient (Wildman–Crippen LogP) is 2.11. The van der Waals surface area contributed by atoms with Crippen molar-refractivity contribution in [2.45, 2.75) is 0 Å². The van der Waals surface area contributed by atoms with Crippen molar-refractivity contribution in [3.8, 4) is 5.69 Å². The fraction of sp³-hybridized carbons (Fsp3) is 0. The summed E-state index contributed by atoms with van der Waals surface area (Å²) in [5.74, 6) is -1.16. The molecule has 7 nitrogen and oxygen atoms in total. The van der Waals surface area contributed by atoms with E-state index >= 15 is 0 Å². The summed E-state index contributed by atoms with van der Waals surface area (Å²) in [6.07, 6.45) is 2.59. The minimum absolute atomic E-state index is 0.0944. The van der Waals surface area contributed by atoms with Crippen LogP contribution in [-0.4, -0.2) is 25.3 Å². The topological polar surface area (TPSA) is 81.8 Å². The first-order valence-electron chi connectivity index (χ1n) is 7.71. The Bertz CT molecular complexity index is 1170. The van der Waals surface area contributed by atoms with Crippen molar-refractivity contribution in [3.05, 3.63) is 88.9 Å². The van der Waals surface area contributed by atoms with E-state index in [-0.39, 0.29) is 10.9 Å². The molecule has 2 aromatic carbocycles. The Morgan fingerprint density at radius 1 is 1.08 bits per heavy atom. The van der Waals surface area contributed by atoms with Crippen LogP contribution < -0.4 is 11.0 Å². The van der Waals surface area contributed by atoms with Crippen molar-refractivity contribution >= 4 is 16.9 Å². The van der Waals surface area contributed by atoms with E-state index in [2.05, 4.69) is 15.5 Å². The number of hydrogen-bond donors (Lipinski definition) is 1. The van der Waals surface area contributed by atoms with Crippen LogP contribution >= 0.6 is 0 Å². The van der Waals surface area contributed by atoms with Gasteiger partial charge in [-0.3, -0.25) is 15.0 Å². The van der Waals surface area contributed by atoms with E-state index in [1.165, 1.54) is 35.4 Å². The molecule has 0 atom stereocenters. The zero-order valence-corrected chi connectivity index (χ0v) is 13.3. The molecule has 0 aliphatic heterocycles. The zero-order valence-electron chi connectivity index (χ0n) is 13.3. The largest absolute Gasteiger partial charge is 0.283 e. The van der Waals surface area contributed by atoms with Crippen LogP contribution in [-0.2, 0) is 0 Å². The van der Waals surface area contributed by atoms with Crippen molar-refractivity contribution in [1.29, 1.82) is 0 Å². The maximum Gasteiger partial charge on any atom is 0.283 e. The number of carbonyl (C=O) groups excluding carboxylic acids is 1. The average Bonchev–Trinajstić information content (AvgIpc) is 3.09. The molecule has 0 unspecified atom stereocenters. The lowest BCUT2D eigenvalue weighted by Gasteiger charge is -2.08. The number of benzene rings is 2. The van der Waals surface area contributed by atoms with Gasteiger partial charge in [0.25, 0.3) is 11.5 Å². The standard InChI is InChI=1S/C18H12FN5O2/c19-13-6-4-5-12(9-13)17(25)22-23-11-20-16-15(18(23)26)10-21-24(16)14-7-2-1-3-8-14/h1-11H,(H,22,25). The van der Waals surface area contributed by atoms with E-state index < -0.39 is 17.3 Å². The number of para-hydroxylation sites is 1. The van der Waals surface area contributed by atoms with Gasteiger partial charge in [-0.05, 0) is 30.3 Å². The first-order valence-corrected chi connectivity index (χ1v) is 7.71. The van der Waals surface area contributed by atoms with Crippen LogP contribution in [0.1, 0.15) is 10.4 Å². The third kappa shape index (κ3) is 2.73. The zero-order chi connectivity index (χ0) is 18.1. The maximum atomic E-state index is 13.2. The van der Waals surface area contributed by atoms with Crippen LogP contribution in [0.15, 0.2) is 71.9 Å². The molecule has 2 aromatic heterocycles. The van der Waals surface area contributed by atoms with Gasteiger partial charge in [0.2, 0.25) is 0 Å². The average molecular weight is 349 g/mol. The fourth-order valence-electron chi connectivity index (χ4n) is 2.55. The number of nitrogens with zero attached hydrogens (tertiary/aromatic N) is 4. The summed E-state index contributed by atoms with van der Waals surface area (Å²) in [5, 5.41) is 4.44. The highest BCUT2D eigenvalue weighted by Gasteiger charge is 2.13. The second kappa shape index (κ2) is 6.25. The molecule has 0 spiro atoms. The molecule has 1 amide bonds. The summed E-state index contributed by atoms with van der Waals surface area (Å²) < 4.78 is 15.7. The van der Waals surface area contributed by atoms with E-state index in [0.29, 0.717) is 5.65 Å². The van der Waals surface area contributed by atoms with Crippen LogP contribution in [0.3, 0.4) is 0 Å². The Morgan fingerprint density at radius 3 is 2.65 bits per heavy atom. The van der Waals surface area contributed by atoms with Crippen LogP contribution in [0, 0.1) is 5.82 Å². The minimum atomic E-state index is -0.622. The molecule has 0 fully saturated rings. The summed E-state index contributed by atoms with van der Waals surface area (Å²) in [6, 6.07) is 14.4. The molecular formula is C18H12FN5O2. The first-order chi connectivity index (χ1) is 12.6. The van der Waals surface area contributed by atoms with Gasteiger partial charge in [0.1, 0.15) is 17.5 Å². The van der Waals surface area contributed by atoms with Crippen LogP contribution in [0.2, 0.25) is 0 Å². The van der Waals surface area contributed by atoms with Crippen LogP contribution in [0.25, 0.3) is 16.7 Å². The quantitative estimate of drug-likeness (QED) is 0.614. The molecule has 0 saturated heterocycles. The molecule has 4 aromatic rings. The number of nitrogens with one attached hydrogen (secondary N) is 1. The lowest BCUT2D eigenvalue weighted by atomic mass is 10.2. The molecule has 26 heavy (non-hydrogen) atoms. The molecule has 128 valence electrons. The third-order valence-electron chi connectivity index (χ3n) is 3.80. The molecule has 8 heteroatoms. The highest BCUT2D eigenvalue weighted by atomic mass is 19.1. The second-order valence-corrected chi connectivity index (χ2v) is 5.50. The van der Waals surface area contributed by atoms with E-state index in [1.807, 2.05) is 30.3 Å². The van der Waals surface area contributed by atoms with Gasteiger partial charge in [-0.25, -0.2) is 18.7 Å². The summed E-state index contributed by atoms with van der Waals surface area (Å²) in [4.78, 5) is 29.0. The number of fused-ring (bicyclic) bond motifs is 1. The lowest BCUT2D eigenvalue weighted by Crippen LogP contribution is -2.33. The summed E-state index contributed by atoms with van der Waals surface area (Å²) in [6.45, 7) is 0. The molecule has 0 saturated carbocycles. The molecule has 1 N–H and O–H groups in total. The van der Waals surface area contributed by atoms with Crippen molar-refractivity contribution in [2.75, 3.05) is 5.43 Å². The van der Waals surface area contributed by atoms with Gasteiger partial charge >= 0.3 is 0 Å². The van der Waals surface area contributed by atoms with Crippen LogP contribution in [0.5, 0.6) is 0 Å². The molecule has 0 bridgehead atoms. The molecule has 4 rings (SSSR count). The van der Waals surface area contributed by atoms with Gasteiger partial charge < -0.3 is 0 Å². The number of carbonyl (C=O) groups is 1. The van der Waals surface area contributed by atoms with E-state index in [1.54, 1.807) is 0 Å². The molecule has 0 aliphatic rings. The Balaban J connectivity index is 1.71. The van der Waals surface area contributed by atoms with Gasteiger partial charge in [-0.2, -0.15) is 5.10 Å². The highest BCUT2D eigenvalue weighted by molar-refractivity contribution is 6.00. The number of halogens is 1. The molecule has 0 aliphatic carbocycles. The monoisotopic (exact) mass is 349 g/mol. The van der Waals surface area contributed by atoms with Gasteiger partial charge in [0, 0.05) is 5.56 Å². The normalized spacial score (nSPS) is 10.8. The predicted molar refractivity (Wildman–Crippen MR) is 93.2 cm³/mol. The summed E-state index contributed by atoms with van der Waals surface area (Å²) in [7, 11) is 0. The van der Waals surface area contributed by atoms with Crippen molar-refractivity contribution in [2.24, 2.45) is 0 Å². The first kappa shape index (κ1) is 15.7. The third-order valence-corrected chi connectivity index (χ3v) is 3.80. The number of aromatic nitrogens is 4. The van der Waals surface area contributed by atoms with E-state index in [9.17, 15) is 14.0 Å². The number of amides is 1. The van der Waals surface area contributed by atoms with Crippen molar-refractivity contribution in [3.63, 3.8) is 0 Å². The van der Waals surface area contributed by atoms with Crippen molar-refractivity contribution < 1.29 is 9.18 Å². The van der Waals surface area contributed by atoms with Gasteiger partial charge in [-0.1, -0.05) is 24.3 Å². The van der Waals surface area contributed by atoms with E-state index in [4.69, 9.17) is 0 Å². The smallest absolute Gasteiger partial charge is 0.267 e. The number of hydrogen-bond acceptors (Lipinski definition) is 4. The van der Waals surface area contributed by atoms with Crippen LogP contribution in [0.4, 0.5) is 4.39 Å². The Kier molecular flexibility index (Phi) is 3.77. The SMILES string of the molecule is O=C(Nn1cnc2c(cnn2-c2ccccc2)c1=O)c1cccc(F)c1. The molecule has 0 radical (unpaired) electrons. The number of rotatable bonds is 3. The Morgan fingerprint density at radius 2 is 1.88 bits per heavy atom. The fourth-order valence-corrected chi connectivity index (χ4v) is 2.55. The molecule has 2 heterocycles. The maximum absolute atomic E-state index is 13.2. The molecular weight excluding hydrogens is 337 g/mol. The summed E-state index contributed by atoms with van der Waals surface area (Å²) in [5.41, 5.74) is 3.14. The Labute approximate surface area is 146 Å². The lowest BCUT2D eigenvalue weighted by molar-refractivity contribution is 0.101. The van der Waals surface area contributed by atoms with E-state index in [0.717, 1.165) is 16.4 Å². The minimum Gasteiger partial charge on any atom is -0.267 e. The van der Waals surface area contributed by atoms with Gasteiger partial charge in [-0.15, -0.1) is 0 Å². The van der Waals surface area contributed by atoms with Gasteiger partial charge in [0.15, 0.2) is 5.65 Å². The Hall–Kier alpha value is -3.81.